The zero-order chi connectivity index (χ0) is 21.0. The molecule has 1 N–H and O–H groups in total. The molecule has 1 aromatic heterocycles. The van der Waals surface area contributed by atoms with Gasteiger partial charge in [-0.2, -0.15) is 0 Å². The van der Waals surface area contributed by atoms with Crippen molar-refractivity contribution in [3.05, 3.63) is 53.6 Å². The summed E-state index contributed by atoms with van der Waals surface area (Å²) < 4.78 is 16.2. The van der Waals surface area contributed by atoms with Crippen molar-refractivity contribution in [3.63, 3.8) is 0 Å². The van der Waals surface area contributed by atoms with Gasteiger partial charge in [0, 0.05) is 5.56 Å². The van der Waals surface area contributed by atoms with Gasteiger partial charge in [0.1, 0.15) is 11.5 Å². The number of benzene rings is 2. The zero-order valence-corrected chi connectivity index (χ0v) is 17.2. The highest BCUT2D eigenvalue weighted by Gasteiger charge is 2.20. The number of carbonyl (C=O) groups excluding carboxylic acids is 1. The molecule has 29 heavy (non-hydrogen) atoms. The zero-order valence-electron chi connectivity index (χ0n) is 17.2. The Kier molecular flexibility index (Phi) is 6.16. The van der Waals surface area contributed by atoms with Gasteiger partial charge in [0.25, 0.3) is 5.91 Å². The number of nitrogens with one attached hydrogen (secondary N) is 1. The average Bonchev–Trinajstić information content (AvgIpc) is 3.13. The predicted molar refractivity (Wildman–Crippen MR) is 110 cm³/mol. The van der Waals surface area contributed by atoms with E-state index in [4.69, 9.17) is 14.1 Å². The second kappa shape index (κ2) is 8.77. The van der Waals surface area contributed by atoms with Gasteiger partial charge >= 0.3 is 0 Å². The fourth-order valence-corrected chi connectivity index (χ4v) is 2.69. The fraction of sp³-hybridized carbons (Fsp3) is 0.318. The van der Waals surface area contributed by atoms with Crippen LogP contribution >= 0.6 is 0 Å². The summed E-state index contributed by atoms with van der Waals surface area (Å²) in [6, 6.07) is 13.0. The van der Waals surface area contributed by atoms with E-state index in [0.717, 1.165) is 22.4 Å². The number of rotatable bonds is 7. The van der Waals surface area contributed by atoms with Gasteiger partial charge in [0.2, 0.25) is 5.82 Å². The molecule has 1 heterocycles. The van der Waals surface area contributed by atoms with Crippen LogP contribution in [-0.4, -0.2) is 28.4 Å². The van der Waals surface area contributed by atoms with Crippen molar-refractivity contribution in [2.24, 2.45) is 0 Å². The van der Waals surface area contributed by atoms with E-state index >= 15 is 0 Å². The Morgan fingerprint density at radius 2 is 1.62 bits per heavy atom. The lowest BCUT2D eigenvalue weighted by atomic mass is 10.1. The van der Waals surface area contributed by atoms with Crippen LogP contribution in [0.25, 0.3) is 11.3 Å². The maximum Gasteiger partial charge on any atom is 0.266 e. The molecule has 3 rings (SSSR count). The predicted octanol–water partition coefficient (Wildman–Crippen LogP) is 4.55. The molecule has 152 valence electrons. The molecule has 0 fully saturated rings. The summed E-state index contributed by atoms with van der Waals surface area (Å²) in [4.78, 5) is 12.6. The third-order valence-corrected chi connectivity index (χ3v) is 4.39. The third-order valence-electron chi connectivity index (χ3n) is 4.39. The summed E-state index contributed by atoms with van der Waals surface area (Å²) in [5.74, 6) is 1.28. The van der Waals surface area contributed by atoms with E-state index in [1.807, 2.05) is 70.2 Å². The van der Waals surface area contributed by atoms with Crippen LogP contribution < -0.4 is 14.8 Å². The van der Waals surface area contributed by atoms with E-state index < -0.39 is 6.10 Å². The highest BCUT2D eigenvalue weighted by molar-refractivity contribution is 5.96. The maximum absolute atomic E-state index is 12.6. The molecule has 0 bridgehead atoms. The minimum absolute atomic E-state index is 0.0863. The molecule has 1 atom stereocenters. The van der Waals surface area contributed by atoms with Gasteiger partial charge < -0.3 is 14.8 Å². The van der Waals surface area contributed by atoms with Gasteiger partial charge in [0.15, 0.2) is 11.8 Å². The molecule has 0 aliphatic heterocycles. The first-order valence-electron chi connectivity index (χ1n) is 9.48. The number of ether oxygens (including phenoxy) is 2. The second-order valence-corrected chi connectivity index (χ2v) is 7.15. The molecule has 0 spiro atoms. The molecule has 7 heteroatoms. The lowest BCUT2D eigenvalue weighted by Gasteiger charge is -2.15. The molecule has 0 saturated heterocycles. The quantitative estimate of drug-likeness (QED) is 0.632. The summed E-state index contributed by atoms with van der Waals surface area (Å²) in [6.07, 6.45) is -0.633. The Hall–Kier alpha value is -3.35. The molecule has 1 unspecified atom stereocenters. The van der Waals surface area contributed by atoms with Crippen LogP contribution in [0.1, 0.15) is 31.9 Å². The first-order valence-corrected chi connectivity index (χ1v) is 9.48. The number of anilines is 1. The summed E-state index contributed by atoms with van der Waals surface area (Å²) in [7, 11) is 0. The molecule has 0 saturated carbocycles. The molecule has 0 radical (unpaired) electrons. The Labute approximate surface area is 170 Å². The van der Waals surface area contributed by atoms with Crippen LogP contribution in [0.3, 0.4) is 0 Å². The number of carbonyl (C=O) groups is 1. The monoisotopic (exact) mass is 395 g/mol. The van der Waals surface area contributed by atoms with Crippen molar-refractivity contribution in [2.45, 2.75) is 46.8 Å². The van der Waals surface area contributed by atoms with E-state index in [1.165, 1.54) is 0 Å². The van der Waals surface area contributed by atoms with Gasteiger partial charge in [0.05, 0.1) is 6.10 Å². The highest BCUT2D eigenvalue weighted by Crippen LogP contribution is 2.27. The number of hydrogen-bond acceptors (Lipinski definition) is 6. The maximum atomic E-state index is 12.6. The number of aromatic nitrogens is 2. The van der Waals surface area contributed by atoms with Crippen molar-refractivity contribution in [3.8, 4) is 22.8 Å². The topological polar surface area (TPSA) is 86.5 Å². The van der Waals surface area contributed by atoms with Gasteiger partial charge in [-0.3, -0.25) is 4.79 Å². The third kappa shape index (κ3) is 5.13. The van der Waals surface area contributed by atoms with E-state index in [0.29, 0.717) is 11.4 Å². The molecule has 0 aliphatic rings. The fourth-order valence-electron chi connectivity index (χ4n) is 2.69. The summed E-state index contributed by atoms with van der Waals surface area (Å²) in [5, 5.41) is 10.4. The number of aryl methyl sites for hydroxylation is 2. The minimum atomic E-state index is -0.719. The van der Waals surface area contributed by atoms with Crippen LogP contribution in [-0.2, 0) is 4.79 Å². The number of nitrogens with zero attached hydrogens (tertiary/aromatic N) is 2. The molecular formula is C22H25N3O4. The average molecular weight is 395 g/mol. The van der Waals surface area contributed by atoms with Crippen LogP contribution in [0.2, 0.25) is 0 Å². The lowest BCUT2D eigenvalue weighted by Crippen LogP contribution is -2.30. The standard InChI is InChI=1S/C22H25N3O4/c1-13(2)27-18-10-7-17(8-11-18)20-21(25-29-24-20)23-22(26)16(5)28-19-9-6-14(3)15(4)12-19/h6-13,16H,1-5H3,(H,23,25,26). The van der Waals surface area contributed by atoms with Crippen molar-refractivity contribution < 1.29 is 18.9 Å². The van der Waals surface area contributed by atoms with Crippen molar-refractivity contribution >= 4 is 11.7 Å². The van der Waals surface area contributed by atoms with Crippen molar-refractivity contribution in [1.29, 1.82) is 0 Å². The summed E-state index contributed by atoms with van der Waals surface area (Å²) in [5.41, 5.74) is 3.45. The van der Waals surface area contributed by atoms with E-state index in [-0.39, 0.29) is 17.8 Å². The first-order chi connectivity index (χ1) is 13.8. The minimum Gasteiger partial charge on any atom is -0.491 e. The Balaban J connectivity index is 1.68. The van der Waals surface area contributed by atoms with Crippen LogP contribution in [0.5, 0.6) is 11.5 Å². The van der Waals surface area contributed by atoms with Crippen LogP contribution in [0.4, 0.5) is 5.82 Å². The Bertz CT molecular complexity index is 980. The Morgan fingerprint density at radius 1 is 0.931 bits per heavy atom. The summed E-state index contributed by atoms with van der Waals surface area (Å²) in [6.45, 7) is 9.62. The largest absolute Gasteiger partial charge is 0.491 e. The molecule has 1 amide bonds. The van der Waals surface area contributed by atoms with Crippen LogP contribution in [0.15, 0.2) is 47.1 Å². The Morgan fingerprint density at radius 3 is 2.28 bits per heavy atom. The number of amides is 1. The highest BCUT2D eigenvalue weighted by atomic mass is 16.6. The van der Waals surface area contributed by atoms with Gasteiger partial charge in [-0.25, -0.2) is 4.63 Å². The lowest BCUT2D eigenvalue weighted by molar-refractivity contribution is -0.122. The molecular weight excluding hydrogens is 370 g/mol. The number of hydrogen-bond donors (Lipinski definition) is 1. The first kappa shape index (κ1) is 20.4. The van der Waals surface area contributed by atoms with Crippen LogP contribution in [0, 0.1) is 13.8 Å². The van der Waals surface area contributed by atoms with E-state index in [9.17, 15) is 4.79 Å². The van der Waals surface area contributed by atoms with Gasteiger partial charge in [-0.15, -0.1) is 0 Å². The SMILES string of the molecule is Cc1ccc(OC(C)C(=O)Nc2nonc2-c2ccc(OC(C)C)cc2)cc1C. The van der Waals surface area contributed by atoms with E-state index in [2.05, 4.69) is 15.6 Å². The molecule has 3 aromatic rings. The smallest absolute Gasteiger partial charge is 0.266 e. The van der Waals surface area contributed by atoms with Crippen molar-refractivity contribution in [2.75, 3.05) is 5.32 Å². The summed E-state index contributed by atoms with van der Waals surface area (Å²) >= 11 is 0. The second-order valence-electron chi connectivity index (χ2n) is 7.15. The van der Waals surface area contributed by atoms with Gasteiger partial charge in [-0.1, -0.05) is 6.07 Å². The normalized spacial score (nSPS) is 11.9. The molecule has 7 nitrogen and oxygen atoms in total. The van der Waals surface area contributed by atoms with Crippen molar-refractivity contribution in [1.82, 2.24) is 10.3 Å². The van der Waals surface area contributed by atoms with E-state index in [1.54, 1.807) is 6.92 Å². The van der Waals surface area contributed by atoms with Gasteiger partial charge in [-0.05, 0) is 92.5 Å². The molecule has 2 aromatic carbocycles. The molecule has 0 aliphatic carbocycles.